The highest BCUT2D eigenvalue weighted by molar-refractivity contribution is 5.26. The maximum Gasteiger partial charge on any atom is 0.0324 e. The number of rotatable bonds is 8. The van der Waals surface area contributed by atoms with E-state index in [2.05, 4.69) is 44.1 Å². The second-order valence-corrected chi connectivity index (χ2v) is 5.41. The van der Waals surface area contributed by atoms with Crippen molar-refractivity contribution in [3.05, 3.63) is 29.6 Å². The van der Waals surface area contributed by atoms with Crippen molar-refractivity contribution in [2.75, 3.05) is 6.54 Å². The van der Waals surface area contributed by atoms with Crippen LogP contribution in [0.4, 0.5) is 0 Å². The molecule has 1 unspecified atom stereocenters. The van der Waals surface area contributed by atoms with Gasteiger partial charge < -0.3 is 5.32 Å². The van der Waals surface area contributed by atoms with Crippen LogP contribution in [0.2, 0.25) is 0 Å². The second kappa shape index (κ2) is 8.25. The largest absolute Gasteiger partial charge is 0.310 e. The van der Waals surface area contributed by atoms with E-state index in [1.165, 1.54) is 30.4 Å². The van der Waals surface area contributed by atoms with Crippen LogP contribution in [0.15, 0.2) is 18.5 Å². The van der Waals surface area contributed by atoms with Crippen LogP contribution in [0, 0.1) is 5.92 Å². The topological polar surface area (TPSA) is 24.9 Å². The molecule has 0 fully saturated rings. The van der Waals surface area contributed by atoms with Crippen molar-refractivity contribution in [3.63, 3.8) is 0 Å². The van der Waals surface area contributed by atoms with Crippen LogP contribution < -0.4 is 5.32 Å². The van der Waals surface area contributed by atoms with Gasteiger partial charge in [-0.25, -0.2) is 0 Å². The van der Waals surface area contributed by atoms with E-state index in [1.807, 2.05) is 12.4 Å². The lowest BCUT2D eigenvalue weighted by molar-refractivity contribution is 0.438. The summed E-state index contributed by atoms with van der Waals surface area (Å²) in [5.41, 5.74) is 2.83. The van der Waals surface area contributed by atoms with Crippen molar-refractivity contribution in [2.24, 2.45) is 5.92 Å². The van der Waals surface area contributed by atoms with Crippen LogP contribution in [-0.2, 0) is 6.42 Å². The molecule has 2 heteroatoms. The third-order valence-corrected chi connectivity index (χ3v) is 3.37. The van der Waals surface area contributed by atoms with Gasteiger partial charge in [-0.1, -0.05) is 27.7 Å². The number of pyridine rings is 1. The molecule has 1 N–H and O–H groups in total. The monoisotopic (exact) mass is 248 g/mol. The first-order valence-corrected chi connectivity index (χ1v) is 7.35. The average molecular weight is 248 g/mol. The highest BCUT2D eigenvalue weighted by atomic mass is 14.9. The number of hydrogen-bond acceptors (Lipinski definition) is 2. The second-order valence-electron chi connectivity index (χ2n) is 5.41. The summed E-state index contributed by atoms with van der Waals surface area (Å²) in [6.45, 7) is 10.1. The molecule has 0 saturated carbocycles. The summed E-state index contributed by atoms with van der Waals surface area (Å²) >= 11 is 0. The number of aromatic nitrogens is 1. The smallest absolute Gasteiger partial charge is 0.0324 e. The predicted molar refractivity (Wildman–Crippen MR) is 78.7 cm³/mol. The van der Waals surface area contributed by atoms with Crippen molar-refractivity contribution >= 4 is 0 Å². The minimum absolute atomic E-state index is 0.491. The Morgan fingerprint density at radius 1 is 1.22 bits per heavy atom. The molecule has 0 spiro atoms. The summed E-state index contributed by atoms with van der Waals surface area (Å²) in [6, 6.07) is 2.68. The van der Waals surface area contributed by atoms with Crippen LogP contribution in [0.25, 0.3) is 0 Å². The molecular formula is C16H28N2. The fourth-order valence-corrected chi connectivity index (χ4v) is 2.26. The number of hydrogen-bond donors (Lipinski definition) is 1. The van der Waals surface area contributed by atoms with Gasteiger partial charge in [0.1, 0.15) is 0 Å². The van der Waals surface area contributed by atoms with Crippen molar-refractivity contribution in [3.8, 4) is 0 Å². The molecule has 0 aromatic carbocycles. The van der Waals surface area contributed by atoms with E-state index in [1.54, 1.807) is 0 Å². The van der Waals surface area contributed by atoms with Crippen molar-refractivity contribution < 1.29 is 0 Å². The van der Waals surface area contributed by atoms with E-state index >= 15 is 0 Å². The van der Waals surface area contributed by atoms with Crippen molar-refractivity contribution in [1.29, 1.82) is 0 Å². The zero-order valence-corrected chi connectivity index (χ0v) is 12.4. The molecule has 1 rings (SSSR count). The summed E-state index contributed by atoms with van der Waals surface area (Å²) in [4.78, 5) is 4.25. The summed E-state index contributed by atoms with van der Waals surface area (Å²) in [7, 11) is 0. The van der Waals surface area contributed by atoms with Crippen LogP contribution >= 0.6 is 0 Å². The first kappa shape index (κ1) is 15.2. The number of aryl methyl sites for hydroxylation is 1. The maximum atomic E-state index is 4.25. The summed E-state index contributed by atoms with van der Waals surface area (Å²) in [5.74, 6) is 0.767. The van der Waals surface area contributed by atoms with Crippen LogP contribution in [0.1, 0.15) is 64.1 Å². The molecule has 2 nitrogen and oxygen atoms in total. The van der Waals surface area contributed by atoms with Gasteiger partial charge in [0.2, 0.25) is 0 Å². The van der Waals surface area contributed by atoms with Crippen LogP contribution in [0.3, 0.4) is 0 Å². The zero-order valence-electron chi connectivity index (χ0n) is 12.4. The van der Waals surface area contributed by atoms with E-state index in [9.17, 15) is 0 Å². The van der Waals surface area contributed by atoms with Gasteiger partial charge in [0.25, 0.3) is 0 Å². The molecule has 0 saturated heterocycles. The first-order valence-electron chi connectivity index (χ1n) is 7.35. The molecule has 0 aliphatic carbocycles. The molecule has 1 aromatic heterocycles. The predicted octanol–water partition coefficient (Wildman–Crippen LogP) is 4.12. The Bertz CT molecular complexity index is 334. The lowest BCUT2D eigenvalue weighted by atomic mass is 9.94. The van der Waals surface area contributed by atoms with Crippen molar-refractivity contribution in [1.82, 2.24) is 10.3 Å². The van der Waals surface area contributed by atoms with E-state index in [4.69, 9.17) is 0 Å². The molecular weight excluding hydrogens is 220 g/mol. The lowest BCUT2D eigenvalue weighted by Crippen LogP contribution is -2.23. The third-order valence-electron chi connectivity index (χ3n) is 3.37. The Hall–Kier alpha value is -0.890. The van der Waals surface area contributed by atoms with Gasteiger partial charge in [0.15, 0.2) is 0 Å². The highest BCUT2D eigenvalue weighted by Crippen LogP contribution is 2.24. The molecule has 0 aliphatic heterocycles. The van der Waals surface area contributed by atoms with Gasteiger partial charge in [-0.3, -0.25) is 4.98 Å². The molecule has 1 heterocycles. The fraction of sp³-hybridized carbons (Fsp3) is 0.688. The molecule has 0 aliphatic rings. The van der Waals surface area contributed by atoms with E-state index in [-0.39, 0.29) is 0 Å². The quantitative estimate of drug-likeness (QED) is 0.748. The molecule has 0 bridgehead atoms. The van der Waals surface area contributed by atoms with Crippen LogP contribution in [0.5, 0.6) is 0 Å². The molecule has 0 radical (unpaired) electrons. The van der Waals surface area contributed by atoms with Gasteiger partial charge in [0.05, 0.1) is 0 Å². The molecule has 1 atom stereocenters. The third kappa shape index (κ3) is 4.77. The Kier molecular flexibility index (Phi) is 6.96. The Morgan fingerprint density at radius 2 is 2.00 bits per heavy atom. The fourth-order valence-electron chi connectivity index (χ4n) is 2.26. The minimum Gasteiger partial charge on any atom is -0.310 e. The number of nitrogens with zero attached hydrogens (tertiary/aromatic N) is 1. The van der Waals surface area contributed by atoms with Crippen LogP contribution in [-0.4, -0.2) is 11.5 Å². The van der Waals surface area contributed by atoms with Gasteiger partial charge >= 0.3 is 0 Å². The molecule has 0 amide bonds. The SMILES string of the molecule is CCCNC(CCC(C)C)c1ccncc1CC. The molecule has 18 heavy (non-hydrogen) atoms. The maximum absolute atomic E-state index is 4.25. The standard InChI is InChI=1S/C16H28N2/c1-5-10-18-16(8-7-13(3)4)15-9-11-17-12-14(15)6-2/h9,11-13,16,18H,5-8,10H2,1-4H3. The van der Waals surface area contributed by atoms with Gasteiger partial charge in [-0.15, -0.1) is 0 Å². The first-order chi connectivity index (χ1) is 8.69. The molecule has 1 aromatic rings. The summed E-state index contributed by atoms with van der Waals surface area (Å²) in [6.07, 6.45) is 8.68. The summed E-state index contributed by atoms with van der Waals surface area (Å²) < 4.78 is 0. The normalized spacial score (nSPS) is 12.9. The van der Waals surface area contributed by atoms with Gasteiger partial charge in [0, 0.05) is 18.4 Å². The van der Waals surface area contributed by atoms with E-state index in [0.717, 1.165) is 18.9 Å². The van der Waals surface area contributed by atoms with Gasteiger partial charge in [-0.05, 0) is 55.3 Å². The number of nitrogens with one attached hydrogen (secondary N) is 1. The Labute approximate surface area is 112 Å². The summed E-state index contributed by atoms with van der Waals surface area (Å²) in [5, 5.41) is 3.69. The van der Waals surface area contributed by atoms with E-state index in [0.29, 0.717) is 6.04 Å². The average Bonchev–Trinajstić information content (AvgIpc) is 2.38. The van der Waals surface area contributed by atoms with E-state index < -0.39 is 0 Å². The molecule has 102 valence electrons. The minimum atomic E-state index is 0.491. The Balaban J connectivity index is 2.79. The zero-order chi connectivity index (χ0) is 13.4. The van der Waals surface area contributed by atoms with Crippen molar-refractivity contribution in [2.45, 2.75) is 59.4 Å². The highest BCUT2D eigenvalue weighted by Gasteiger charge is 2.14. The Morgan fingerprint density at radius 3 is 2.61 bits per heavy atom. The lowest BCUT2D eigenvalue weighted by Gasteiger charge is -2.22. The van der Waals surface area contributed by atoms with Gasteiger partial charge in [-0.2, -0.15) is 0 Å².